The van der Waals surface area contributed by atoms with E-state index in [1.807, 2.05) is 55.6 Å². The topological polar surface area (TPSA) is 542 Å². The number of fused-ring (bicyclic) bond motifs is 4. The van der Waals surface area contributed by atoms with Crippen molar-refractivity contribution >= 4 is 161 Å². The number of aromatic amines is 1. The third-order valence-corrected chi connectivity index (χ3v) is 23.5. The van der Waals surface area contributed by atoms with Crippen molar-refractivity contribution < 1.29 is 110 Å². The predicted molar refractivity (Wildman–Crippen MR) is 570 cm³/mol. The van der Waals surface area contributed by atoms with Crippen LogP contribution in [0, 0.1) is 26.7 Å². The molecule has 12 heterocycles. The molecule has 10 N–H and O–H groups in total. The number of hydrogen-bond donors (Lipinski definition) is 10. The van der Waals surface area contributed by atoms with E-state index in [0.717, 1.165) is 51.2 Å². The second kappa shape index (κ2) is 55.0. The van der Waals surface area contributed by atoms with E-state index >= 15 is 0 Å². The first-order valence-electron chi connectivity index (χ1n) is 45.5. The normalized spacial score (nSPS) is 11.3. The number of benzene rings is 3. The monoisotopic (exact) mass is 2150 g/mol. The molecule has 1 aliphatic rings. The van der Waals surface area contributed by atoms with Gasteiger partial charge in [-0.15, -0.1) is 11.6 Å². The Balaban J connectivity index is 0.000000412. The molecule has 0 fully saturated rings. The number of nitrogens with one attached hydrogen (secondary N) is 9. The fourth-order valence-electron chi connectivity index (χ4n) is 16.5. The fourth-order valence-corrected chi connectivity index (χ4v) is 16.8. The quantitative estimate of drug-likeness (QED) is 0.00748. The maximum absolute atomic E-state index is 13.7. The Morgan fingerprint density at radius 2 is 0.900 bits per heavy atom. The third kappa shape index (κ3) is 30.1. The molecule has 1 atom stereocenters. The number of alkyl halides is 1. The smallest absolute Gasteiger partial charge is 0.512 e. The number of rotatable bonds is 37. The van der Waals surface area contributed by atoms with E-state index in [4.69, 9.17) is 23.4 Å². The zero-order valence-corrected chi connectivity index (χ0v) is 87.6. The molecule has 0 spiro atoms. The maximum atomic E-state index is 13.7. The molecule has 1 unspecified atom stereocenters. The molecule has 15 rings (SSSR count). The Labute approximate surface area is 900 Å². The van der Waals surface area contributed by atoms with Gasteiger partial charge in [0.25, 0.3) is 41.4 Å². The number of aromatic nitrogens is 17. The summed E-state index contributed by atoms with van der Waals surface area (Å²) < 4.78 is 15.6. The summed E-state index contributed by atoms with van der Waals surface area (Å²) in [6.45, 7) is 14.2. The number of phenols is 1. The van der Waals surface area contributed by atoms with Crippen molar-refractivity contribution in [3.8, 4) is 5.75 Å². The van der Waals surface area contributed by atoms with Gasteiger partial charge < -0.3 is 130 Å². The molecular weight excluding hydrogens is 2020 g/mol. The van der Waals surface area contributed by atoms with Crippen LogP contribution < -0.4 is 47.4 Å². The Bertz CT molecular complexity index is 7360. The van der Waals surface area contributed by atoms with Crippen LogP contribution in [0.4, 0.5) is 40.3 Å². The van der Waals surface area contributed by atoms with Gasteiger partial charge in [-0.25, -0.2) is 29.9 Å². The molecule has 3 aromatic carbocycles. The van der Waals surface area contributed by atoms with Crippen LogP contribution in [0.15, 0.2) is 141 Å². The van der Waals surface area contributed by atoms with Crippen molar-refractivity contribution in [2.24, 2.45) is 70.5 Å². The molecule has 11 aromatic heterocycles. The third-order valence-electron chi connectivity index (χ3n) is 23.1. The molecule has 0 aliphatic carbocycles. The first kappa shape index (κ1) is 124. The van der Waals surface area contributed by atoms with E-state index in [9.17, 15) is 77.0 Å². The van der Waals surface area contributed by atoms with Crippen LogP contribution in [0.5, 0.6) is 5.75 Å². The molecule has 0 radical (unpaired) electrons. The van der Waals surface area contributed by atoms with Gasteiger partial charge in [0.2, 0.25) is 46.7 Å². The van der Waals surface area contributed by atoms with E-state index < -0.39 is 29.5 Å². The molecule has 14 aromatic rings. The van der Waals surface area contributed by atoms with Crippen LogP contribution in [0.25, 0.3) is 21.7 Å². The van der Waals surface area contributed by atoms with Gasteiger partial charge in [-0.05, 0) is 96.8 Å². The number of aryl methyl sites for hydroxylation is 10. The zero-order valence-electron chi connectivity index (χ0n) is 84.0. The number of unbranched alkanes of at least 4 members (excludes halogenated alkanes) is 1. The van der Waals surface area contributed by atoms with Crippen LogP contribution in [0.1, 0.15) is 259 Å². The van der Waals surface area contributed by atoms with Crippen LogP contribution >= 0.6 is 11.6 Å². The van der Waals surface area contributed by atoms with E-state index in [-0.39, 0.29) is 262 Å². The molecule has 1 aliphatic heterocycles. The summed E-state index contributed by atoms with van der Waals surface area (Å²) in [6, 6.07) is 23.3. The van der Waals surface area contributed by atoms with Gasteiger partial charge >= 0.3 is 32.7 Å². The Kier molecular flexibility index (Phi) is 45.5. The van der Waals surface area contributed by atoms with Crippen molar-refractivity contribution in [1.82, 2.24) is 91.2 Å². The number of carbonyl (C=O) groups excluding carboxylic acids is 15. The molecule has 9 amide bonds. The van der Waals surface area contributed by atoms with Crippen LogP contribution in [-0.4, -0.2) is 199 Å². The summed E-state index contributed by atoms with van der Waals surface area (Å²) in [5.74, 6) is -2.59. The van der Waals surface area contributed by atoms with E-state index in [0.29, 0.717) is 89.3 Å². The second-order valence-corrected chi connectivity index (χ2v) is 34.8. The summed E-state index contributed by atoms with van der Waals surface area (Å²) in [6.07, 6.45) is 19.3. The largest absolute Gasteiger partial charge is 3.00 e. The van der Waals surface area contributed by atoms with E-state index in [1.165, 1.54) is 73.6 Å². The number of carbonyl (C=O) groups is 15. The number of phenolic OH excluding ortho intramolecular Hbond substituents is 1. The first-order chi connectivity index (χ1) is 68.1. The SMILES string of the molecule is C.C.C.C.CC(=O)Cc1cc(C(=O)Cc2ccc3[nH]c(C(=O)N4CC(CCl)c5c4cc(O)c4ccccc54)cc3c2)n(C)c1.CCCCC(=O)c1cc(CC(=O)c2nc(CC(=O)c3nc(CC(=O)CCCNC(=O)c4cc(NC(=O)c5cc(NC(=O)c6nc(NC(=O)CC)cn6C)cn5C)cn4C)cn3C)cn2C)cn1C.CCNC(=O)c1nc(NC(=O)c2nc(NC(=O)c3nc(NC(C)=O)cn3C)cn2C)cn1C.[C-]#N.[CH3-].[CH3-].[Y+3]. The molecule has 43 nitrogen and oxygen atoms in total. The van der Waals surface area contributed by atoms with E-state index in [1.54, 1.807) is 167 Å². The van der Waals surface area contributed by atoms with Crippen molar-refractivity contribution in [2.75, 3.05) is 62.3 Å². The molecule has 0 saturated heterocycles. The molecular formula is C105H131ClN27O16Y. The number of amides is 9. The minimum Gasteiger partial charge on any atom is -0.512 e. The van der Waals surface area contributed by atoms with Crippen LogP contribution in [0.3, 0.4) is 0 Å². The number of nitrogens with zero attached hydrogens (tertiary/aromatic N) is 18. The van der Waals surface area contributed by atoms with Gasteiger partial charge in [0.1, 0.15) is 34.4 Å². The number of ketones is 6. The van der Waals surface area contributed by atoms with Crippen molar-refractivity contribution in [3.63, 3.8) is 0 Å². The summed E-state index contributed by atoms with van der Waals surface area (Å²) in [5, 5.41) is 40.6. The van der Waals surface area contributed by atoms with Crippen LogP contribution in [-0.2, 0) is 154 Å². The summed E-state index contributed by atoms with van der Waals surface area (Å²) >= 11 is 6.34. The van der Waals surface area contributed by atoms with E-state index in [2.05, 4.69) is 77.4 Å². The zero-order chi connectivity index (χ0) is 104. The Morgan fingerprint density at radius 3 is 1.41 bits per heavy atom. The summed E-state index contributed by atoms with van der Waals surface area (Å²) in [4.78, 5) is 220. The Hall–Kier alpha value is -16.2. The van der Waals surface area contributed by atoms with Gasteiger partial charge in [0, 0.05) is 232 Å². The number of Topliss-reactive ketones (excluding diaryl/α,β-unsaturated/α-hetero) is 6. The second-order valence-electron chi connectivity index (χ2n) is 34.5. The minimum atomic E-state index is -0.580. The molecule has 150 heavy (non-hydrogen) atoms. The standard InChI is InChI=1S/C47H57N13O8.C32H28ClN3O4.C19H24N10O4.CN.4CH4.2CH3.Y/c1-9-11-14-37(62)34-16-28(22-55(34)3)17-38(63)42-50-32(26-59(42)7)21-39(64)43-49-29(25-58(43)6)18-33(61)13-12-15-48-45(66)35-19-30(23-56(35)4)51-46(67)36-20-31(24-57(36)5)52-47(68)44-54-40(27-60(44)8)53-41(65)10-2;1-18(37)9-20-11-27(35(2)16-20)30(39)12-19-7-8-25-21(10-19)13-26(34-25)32(40)36-17-22(15-33)31-24-6-4-3-5-23(24)29(38)14-28(31)36;1-6-20-17(31)14-23-12(8-27(14)3)25-19(33)16-24-13(9-29(16)5)26-18(32)15-22-11(7-28(15)4)21-10(2)30;1-2;;;;;;;/h16,19-20,22-27H,9-15,17-18,21H2,1-8H3,(H,48,66)(H,51,67)(H,52,68)(H,53,65);3-8,10-11,13-14,16,22,34,38H,9,12,15,17H2,1-2H3;7-9H,6H2,1-5H3,(H,20,31)(H,21,30)(H,25,33)(H,26,32);;4*1H4;2*1H3;/q;;;-1;;;;;2*-1;+3. The van der Waals surface area contributed by atoms with Gasteiger partial charge in [-0.2, -0.15) is 0 Å². The van der Waals surface area contributed by atoms with Crippen molar-refractivity contribution in [2.45, 2.75) is 141 Å². The van der Waals surface area contributed by atoms with Crippen molar-refractivity contribution in [3.05, 3.63) is 259 Å². The average molecular weight is 2150 g/mol. The molecule has 45 heteroatoms. The number of halogens is 1. The predicted octanol–water partition coefficient (Wildman–Crippen LogP) is 13.8. The van der Waals surface area contributed by atoms with Gasteiger partial charge in [0.05, 0.1) is 52.7 Å². The first-order valence-corrected chi connectivity index (χ1v) is 46.0. The minimum absolute atomic E-state index is 0. The molecule has 0 bridgehead atoms. The number of hydrogen-bond acceptors (Lipinski definition) is 23. The van der Waals surface area contributed by atoms with Crippen molar-refractivity contribution in [1.29, 1.82) is 5.26 Å². The number of aromatic hydroxyl groups is 1. The number of H-pyrrole nitrogens is 1. The van der Waals surface area contributed by atoms with Gasteiger partial charge in [-0.3, -0.25) is 71.9 Å². The Morgan fingerprint density at radius 1 is 0.440 bits per heavy atom. The number of anilines is 7. The number of imidazole rings is 6. The molecule has 792 valence electrons. The van der Waals surface area contributed by atoms with Gasteiger partial charge in [0.15, 0.2) is 46.5 Å². The average Bonchev–Trinajstić information content (AvgIpc) is 1.59. The summed E-state index contributed by atoms with van der Waals surface area (Å²) in [5.41, 5.74) is 8.33. The van der Waals surface area contributed by atoms with Gasteiger partial charge in [-0.1, -0.05) is 80.3 Å². The summed E-state index contributed by atoms with van der Waals surface area (Å²) in [7, 11) is 16.7. The molecule has 0 saturated carbocycles. The maximum Gasteiger partial charge on any atom is 3.00 e. The van der Waals surface area contributed by atoms with Crippen LogP contribution in [0.2, 0.25) is 0 Å². The fraction of sp³-hybridized carbons (Fsp3) is 0.333.